The fourth-order valence-electron chi connectivity index (χ4n) is 3.08. The van der Waals surface area contributed by atoms with Gasteiger partial charge in [0.15, 0.2) is 0 Å². The van der Waals surface area contributed by atoms with E-state index < -0.39 is 0 Å². The minimum absolute atomic E-state index is 0.0995. The van der Waals surface area contributed by atoms with Gasteiger partial charge in [-0.1, -0.05) is 18.0 Å². The number of hydrogen-bond donors (Lipinski definition) is 0. The summed E-state index contributed by atoms with van der Waals surface area (Å²) in [5, 5.41) is 0.646. The lowest BCUT2D eigenvalue weighted by Crippen LogP contribution is -2.32. The Kier molecular flexibility index (Phi) is 4.72. The van der Waals surface area contributed by atoms with Crippen molar-refractivity contribution in [3.63, 3.8) is 0 Å². The molecule has 0 N–H and O–H groups in total. The molecule has 1 unspecified atom stereocenters. The number of alkyl halides is 1. The molecule has 1 aliphatic heterocycles. The lowest BCUT2D eigenvalue weighted by molar-refractivity contribution is 0.221. The zero-order valence-electron chi connectivity index (χ0n) is 12.4. The summed E-state index contributed by atoms with van der Waals surface area (Å²) in [6.45, 7) is 6.36. The molecule has 1 saturated heterocycles. The Bertz CT molecular complexity index is 615. The van der Waals surface area contributed by atoms with E-state index in [0.717, 1.165) is 35.0 Å². The maximum absolute atomic E-state index is 6.31. The molecule has 1 aromatic heterocycles. The summed E-state index contributed by atoms with van der Waals surface area (Å²) in [5.74, 6) is 0.936. The van der Waals surface area contributed by atoms with Crippen molar-refractivity contribution in [2.45, 2.75) is 38.1 Å². The van der Waals surface area contributed by atoms with E-state index in [1.54, 1.807) is 0 Å². The third-order valence-corrected chi connectivity index (χ3v) is 4.61. The molecule has 2 heterocycles. The van der Waals surface area contributed by atoms with Gasteiger partial charge >= 0.3 is 0 Å². The van der Waals surface area contributed by atoms with E-state index in [1.807, 2.05) is 25.1 Å². The molecule has 0 spiro atoms. The first-order valence-electron chi connectivity index (χ1n) is 7.67. The second kappa shape index (κ2) is 6.55. The van der Waals surface area contributed by atoms with Crippen molar-refractivity contribution in [2.24, 2.45) is 0 Å². The van der Waals surface area contributed by atoms with Crippen LogP contribution in [0.15, 0.2) is 18.2 Å². The summed E-state index contributed by atoms with van der Waals surface area (Å²) in [4.78, 5) is 7.20. The highest BCUT2D eigenvalue weighted by atomic mass is 35.5. The summed E-state index contributed by atoms with van der Waals surface area (Å²) in [5.41, 5.74) is 2.06. The highest BCUT2D eigenvalue weighted by Crippen LogP contribution is 2.26. The molecule has 1 aliphatic rings. The molecule has 3 rings (SSSR count). The Morgan fingerprint density at radius 1 is 1.19 bits per heavy atom. The van der Waals surface area contributed by atoms with Gasteiger partial charge in [-0.05, 0) is 51.1 Å². The summed E-state index contributed by atoms with van der Waals surface area (Å²) >= 11 is 12.5. The van der Waals surface area contributed by atoms with Crippen LogP contribution in [0.2, 0.25) is 5.02 Å². The van der Waals surface area contributed by atoms with Crippen LogP contribution in [-0.4, -0.2) is 34.1 Å². The van der Waals surface area contributed by atoms with Crippen molar-refractivity contribution in [1.82, 2.24) is 14.5 Å². The first-order chi connectivity index (χ1) is 10.1. The number of imidazole rings is 1. The number of hydrogen-bond acceptors (Lipinski definition) is 2. The van der Waals surface area contributed by atoms with Gasteiger partial charge in [0, 0.05) is 18.1 Å². The minimum Gasteiger partial charge on any atom is -0.325 e. The van der Waals surface area contributed by atoms with Crippen molar-refractivity contribution in [2.75, 3.05) is 19.6 Å². The van der Waals surface area contributed by atoms with Crippen LogP contribution in [0.4, 0.5) is 0 Å². The van der Waals surface area contributed by atoms with Gasteiger partial charge < -0.3 is 9.47 Å². The van der Waals surface area contributed by atoms with E-state index in [1.165, 1.54) is 32.4 Å². The predicted octanol–water partition coefficient (Wildman–Crippen LogP) is 4.48. The van der Waals surface area contributed by atoms with Crippen LogP contribution in [0.3, 0.4) is 0 Å². The van der Waals surface area contributed by atoms with Crippen LogP contribution in [0.1, 0.15) is 37.4 Å². The van der Waals surface area contributed by atoms with E-state index in [9.17, 15) is 0 Å². The average Bonchev–Trinajstić information content (AvgIpc) is 2.84. The number of benzene rings is 1. The maximum atomic E-state index is 6.31. The van der Waals surface area contributed by atoms with E-state index in [2.05, 4.69) is 14.5 Å². The second-order valence-corrected chi connectivity index (χ2v) is 6.86. The Morgan fingerprint density at radius 3 is 2.67 bits per heavy atom. The molecule has 1 atom stereocenters. The Morgan fingerprint density at radius 2 is 1.95 bits per heavy atom. The minimum atomic E-state index is -0.0995. The molecule has 0 radical (unpaired) electrons. The van der Waals surface area contributed by atoms with Crippen molar-refractivity contribution in [1.29, 1.82) is 0 Å². The molecule has 114 valence electrons. The quantitative estimate of drug-likeness (QED) is 0.773. The molecule has 1 fully saturated rings. The molecule has 0 saturated carbocycles. The van der Waals surface area contributed by atoms with Gasteiger partial charge in [0.2, 0.25) is 0 Å². The van der Waals surface area contributed by atoms with Gasteiger partial charge in [-0.3, -0.25) is 0 Å². The molecule has 0 bridgehead atoms. The van der Waals surface area contributed by atoms with Crippen LogP contribution in [0.25, 0.3) is 11.0 Å². The predicted molar refractivity (Wildman–Crippen MR) is 89.3 cm³/mol. The zero-order valence-corrected chi connectivity index (χ0v) is 13.9. The van der Waals surface area contributed by atoms with Gasteiger partial charge in [0.05, 0.1) is 16.4 Å². The fraction of sp³-hybridized carbons (Fsp3) is 0.562. The van der Waals surface area contributed by atoms with Crippen molar-refractivity contribution in [3.05, 3.63) is 29.0 Å². The van der Waals surface area contributed by atoms with Crippen LogP contribution < -0.4 is 0 Å². The molecular weight excluding hydrogens is 305 g/mol. The van der Waals surface area contributed by atoms with E-state index >= 15 is 0 Å². The number of piperidine rings is 1. The number of aromatic nitrogens is 2. The molecule has 3 nitrogen and oxygen atoms in total. The Balaban J connectivity index is 1.87. The van der Waals surface area contributed by atoms with Gasteiger partial charge in [-0.15, -0.1) is 11.6 Å². The van der Waals surface area contributed by atoms with E-state index in [-0.39, 0.29) is 5.38 Å². The highest BCUT2D eigenvalue weighted by Gasteiger charge is 2.17. The Hall–Kier alpha value is -0.770. The summed E-state index contributed by atoms with van der Waals surface area (Å²) < 4.78 is 2.23. The van der Waals surface area contributed by atoms with Gasteiger partial charge in [-0.25, -0.2) is 4.98 Å². The van der Waals surface area contributed by atoms with Gasteiger partial charge in [0.25, 0.3) is 0 Å². The second-order valence-electron chi connectivity index (χ2n) is 5.77. The molecule has 5 heteroatoms. The zero-order chi connectivity index (χ0) is 14.8. The van der Waals surface area contributed by atoms with Crippen molar-refractivity contribution >= 4 is 34.2 Å². The molecule has 1 aromatic carbocycles. The summed E-state index contributed by atoms with van der Waals surface area (Å²) in [6.07, 6.45) is 3.99. The first kappa shape index (κ1) is 15.1. The van der Waals surface area contributed by atoms with E-state index in [4.69, 9.17) is 23.2 Å². The van der Waals surface area contributed by atoms with E-state index in [0.29, 0.717) is 0 Å². The molecule has 2 aromatic rings. The molecule has 0 aliphatic carbocycles. The first-order valence-corrected chi connectivity index (χ1v) is 8.48. The van der Waals surface area contributed by atoms with Gasteiger partial charge in [-0.2, -0.15) is 0 Å². The molecule has 0 amide bonds. The summed E-state index contributed by atoms with van der Waals surface area (Å²) in [6, 6.07) is 5.84. The lowest BCUT2D eigenvalue weighted by Gasteiger charge is -2.27. The Labute approximate surface area is 135 Å². The van der Waals surface area contributed by atoms with Crippen molar-refractivity contribution < 1.29 is 0 Å². The van der Waals surface area contributed by atoms with Crippen LogP contribution in [-0.2, 0) is 6.54 Å². The largest absolute Gasteiger partial charge is 0.325 e. The number of likely N-dealkylation sites (tertiary alicyclic amines) is 1. The third kappa shape index (κ3) is 3.36. The SMILES string of the molecule is CC(Cl)c1nc2ccc(Cl)cc2n1CCN1CCCCC1. The number of nitrogens with zero attached hydrogens (tertiary/aromatic N) is 3. The average molecular weight is 326 g/mol. The number of rotatable bonds is 4. The molecule has 21 heavy (non-hydrogen) atoms. The fourth-order valence-corrected chi connectivity index (χ4v) is 3.41. The normalized spacial score (nSPS) is 18.2. The van der Waals surface area contributed by atoms with Gasteiger partial charge in [0.1, 0.15) is 5.82 Å². The van der Waals surface area contributed by atoms with Crippen molar-refractivity contribution in [3.8, 4) is 0 Å². The van der Waals surface area contributed by atoms with Crippen LogP contribution >= 0.6 is 23.2 Å². The van der Waals surface area contributed by atoms with Crippen LogP contribution in [0, 0.1) is 0 Å². The standard InChI is InChI=1S/C16H21Cl2N3/c1-12(17)16-19-14-6-5-13(18)11-15(14)21(16)10-9-20-7-3-2-4-8-20/h5-6,11-12H,2-4,7-10H2,1H3. The summed E-state index contributed by atoms with van der Waals surface area (Å²) in [7, 11) is 0. The lowest BCUT2D eigenvalue weighted by atomic mass is 10.1. The smallest absolute Gasteiger partial charge is 0.127 e. The number of fused-ring (bicyclic) bond motifs is 1. The number of halogens is 2. The van der Waals surface area contributed by atoms with Crippen LogP contribution in [0.5, 0.6) is 0 Å². The topological polar surface area (TPSA) is 21.1 Å². The highest BCUT2D eigenvalue weighted by molar-refractivity contribution is 6.31. The maximum Gasteiger partial charge on any atom is 0.127 e. The monoisotopic (exact) mass is 325 g/mol. The third-order valence-electron chi connectivity index (χ3n) is 4.18. The molecular formula is C16H21Cl2N3.